The smallest absolute Gasteiger partial charge is 0.260 e. The van der Waals surface area contributed by atoms with Gasteiger partial charge in [0.15, 0.2) is 0 Å². The van der Waals surface area contributed by atoms with Crippen molar-refractivity contribution in [1.82, 2.24) is 0 Å². The Bertz CT molecular complexity index is 784. The topological polar surface area (TPSA) is 61.7 Å². The van der Waals surface area contributed by atoms with Crippen molar-refractivity contribution >= 4 is 78.1 Å². The molecule has 0 unspecified atom stereocenters. The van der Waals surface area contributed by atoms with Gasteiger partial charge in [-0.25, -0.2) is 0 Å². The molecule has 112 valence electrons. The van der Waals surface area contributed by atoms with Crippen LogP contribution < -0.4 is 5.32 Å². The van der Waals surface area contributed by atoms with Crippen molar-refractivity contribution < 1.29 is 9.90 Å². The number of benzene rings is 2. The molecule has 2 aromatic rings. The summed E-state index contributed by atoms with van der Waals surface area (Å²) in [5.41, 5.74) is 1.04. The fourth-order valence-corrected chi connectivity index (χ4v) is 3.41. The van der Waals surface area contributed by atoms with Gasteiger partial charge in [0.25, 0.3) is 5.91 Å². The number of rotatable bonds is 3. The molecule has 0 atom stereocenters. The molecule has 2 N–H and O–H groups in total. The molecule has 0 heterocycles. The number of nitrogens with zero attached hydrogens (tertiary/aromatic N) is 1. The van der Waals surface area contributed by atoms with Gasteiger partial charge in [0.1, 0.15) is 5.75 Å². The third-order valence-electron chi connectivity index (χ3n) is 2.64. The van der Waals surface area contributed by atoms with E-state index in [0.717, 1.165) is 0 Å². The van der Waals surface area contributed by atoms with Crippen molar-refractivity contribution in [3.8, 4) is 5.75 Å². The van der Waals surface area contributed by atoms with Gasteiger partial charge < -0.3 is 10.4 Å². The first kappa shape index (κ1) is 17.1. The summed E-state index contributed by atoms with van der Waals surface area (Å²) in [4.78, 5) is 16.1. The normalized spacial score (nSPS) is 9.95. The van der Waals surface area contributed by atoms with Crippen LogP contribution in [0.25, 0.3) is 0 Å². The van der Waals surface area contributed by atoms with Crippen molar-refractivity contribution in [2.75, 3.05) is 5.32 Å². The summed E-state index contributed by atoms with van der Waals surface area (Å²) in [6, 6.07) is 7.87. The second-order valence-electron chi connectivity index (χ2n) is 4.10. The molecule has 2 rings (SSSR count). The summed E-state index contributed by atoms with van der Waals surface area (Å²) in [6.07, 6.45) is 0. The molecule has 22 heavy (non-hydrogen) atoms. The van der Waals surface area contributed by atoms with Gasteiger partial charge in [0, 0.05) is 8.95 Å². The van der Waals surface area contributed by atoms with E-state index in [0.29, 0.717) is 25.3 Å². The summed E-state index contributed by atoms with van der Waals surface area (Å²) in [6.45, 7) is 0. The molecule has 0 aromatic heterocycles. The van der Waals surface area contributed by atoms with Crippen LogP contribution in [0.3, 0.4) is 0 Å². The van der Waals surface area contributed by atoms with Crippen molar-refractivity contribution in [1.29, 1.82) is 0 Å². The van der Waals surface area contributed by atoms with Gasteiger partial charge in [0.2, 0.25) is 0 Å². The molecule has 0 aliphatic rings. The zero-order valence-corrected chi connectivity index (χ0v) is 15.5. The number of aromatic hydroxyl groups is 1. The van der Waals surface area contributed by atoms with Crippen LogP contribution in [0.2, 0.25) is 5.02 Å². The highest BCUT2D eigenvalue weighted by atomic mass is 79.9. The van der Waals surface area contributed by atoms with Crippen LogP contribution in [0.4, 0.5) is 11.4 Å². The molecule has 0 spiro atoms. The zero-order chi connectivity index (χ0) is 16.3. The highest BCUT2D eigenvalue weighted by Crippen LogP contribution is 2.32. The van der Waals surface area contributed by atoms with E-state index in [1.165, 1.54) is 6.07 Å². The Morgan fingerprint density at radius 3 is 2.64 bits per heavy atom. The van der Waals surface area contributed by atoms with Crippen molar-refractivity contribution in [2.45, 2.75) is 0 Å². The van der Waals surface area contributed by atoms with Crippen LogP contribution in [0.15, 0.2) is 44.3 Å². The van der Waals surface area contributed by atoms with Gasteiger partial charge in [-0.15, -0.1) is 0 Å². The molecule has 0 aliphatic heterocycles. The van der Waals surface area contributed by atoms with Crippen LogP contribution in [-0.2, 0) is 0 Å². The van der Waals surface area contributed by atoms with Crippen molar-refractivity contribution in [3.63, 3.8) is 0 Å². The number of phenolic OH excluding ortho intramolecular Hbond substituents is 1. The quantitative estimate of drug-likeness (QED) is 0.464. The third-order valence-corrected chi connectivity index (χ3v) is 4.12. The Morgan fingerprint density at radius 2 is 2.05 bits per heavy atom. The van der Waals surface area contributed by atoms with E-state index in [4.69, 9.17) is 11.6 Å². The molecule has 2 aromatic carbocycles. The number of thiocarbonyl (C=S) groups is 1. The number of phenols is 1. The lowest BCUT2D eigenvalue weighted by Crippen LogP contribution is -2.13. The number of carbonyl (C=O) groups is 1. The van der Waals surface area contributed by atoms with Gasteiger partial charge in [-0.3, -0.25) is 4.79 Å². The number of halogens is 3. The fourth-order valence-electron chi connectivity index (χ4n) is 1.70. The highest BCUT2D eigenvalue weighted by molar-refractivity contribution is 9.11. The number of hydrogen-bond donors (Lipinski definition) is 2. The number of isothiocyanates is 1. The van der Waals surface area contributed by atoms with Gasteiger partial charge in [-0.05, 0) is 58.5 Å². The van der Waals surface area contributed by atoms with E-state index in [2.05, 4.69) is 59.5 Å². The Balaban J connectivity index is 2.32. The maximum absolute atomic E-state index is 12.3. The van der Waals surface area contributed by atoms with Gasteiger partial charge >= 0.3 is 0 Å². The van der Waals surface area contributed by atoms with E-state index in [1.54, 1.807) is 24.3 Å². The van der Waals surface area contributed by atoms with Gasteiger partial charge in [-0.1, -0.05) is 27.5 Å². The zero-order valence-electron chi connectivity index (χ0n) is 10.7. The second kappa shape index (κ2) is 7.35. The van der Waals surface area contributed by atoms with Gasteiger partial charge in [-0.2, -0.15) is 4.99 Å². The van der Waals surface area contributed by atoms with E-state index in [1.807, 2.05) is 0 Å². The minimum atomic E-state index is -0.496. The average molecular weight is 463 g/mol. The third kappa shape index (κ3) is 3.94. The lowest BCUT2D eigenvalue weighted by atomic mass is 10.2. The van der Waals surface area contributed by atoms with E-state index in [9.17, 15) is 9.90 Å². The lowest BCUT2D eigenvalue weighted by molar-refractivity contribution is 0.102. The number of carbonyl (C=O) groups excluding carboxylic acids is 1. The van der Waals surface area contributed by atoms with Gasteiger partial charge in [0.05, 0.1) is 27.1 Å². The Morgan fingerprint density at radius 1 is 1.32 bits per heavy atom. The molecule has 1 amide bonds. The molecule has 0 saturated heterocycles. The van der Waals surface area contributed by atoms with Crippen molar-refractivity contribution in [3.05, 3.63) is 49.9 Å². The second-order valence-corrected chi connectivity index (χ2v) is 6.46. The molecular formula is C14H7Br2ClN2O2S. The number of aliphatic imine (C=N–C) groups is 1. The number of anilines is 1. The lowest BCUT2D eigenvalue weighted by Gasteiger charge is -2.10. The summed E-state index contributed by atoms with van der Waals surface area (Å²) in [7, 11) is 0. The molecule has 0 saturated carbocycles. The Hall–Kier alpha value is -1.24. The summed E-state index contributed by atoms with van der Waals surface area (Å²) >= 11 is 17.1. The summed E-state index contributed by atoms with van der Waals surface area (Å²) in [5, 5.41) is 15.1. The SMILES string of the molecule is O=C(Nc1ccc(N=C=S)cc1Cl)c1c(O)cc(Br)cc1Br. The standard InChI is InChI=1S/C14H7Br2ClN2O2S/c15-7-3-9(16)13(12(20)4-7)14(21)19-11-2-1-8(18-6-22)5-10(11)17/h1-5,20H,(H,19,21). The summed E-state index contributed by atoms with van der Waals surface area (Å²) in [5.74, 6) is -0.651. The van der Waals surface area contributed by atoms with Crippen LogP contribution in [-0.4, -0.2) is 16.2 Å². The van der Waals surface area contributed by atoms with E-state index < -0.39 is 5.91 Å². The number of amides is 1. The Kier molecular flexibility index (Phi) is 5.72. The largest absolute Gasteiger partial charge is 0.507 e. The van der Waals surface area contributed by atoms with E-state index >= 15 is 0 Å². The molecule has 0 aliphatic carbocycles. The Labute approximate surface area is 153 Å². The maximum Gasteiger partial charge on any atom is 0.260 e. The summed E-state index contributed by atoms with van der Waals surface area (Å²) < 4.78 is 1.10. The molecule has 0 fully saturated rings. The van der Waals surface area contributed by atoms with Crippen molar-refractivity contribution in [2.24, 2.45) is 4.99 Å². The van der Waals surface area contributed by atoms with Crippen LogP contribution >= 0.6 is 55.7 Å². The van der Waals surface area contributed by atoms with Crippen LogP contribution in [0, 0.1) is 0 Å². The minimum Gasteiger partial charge on any atom is -0.507 e. The average Bonchev–Trinajstić information content (AvgIpc) is 2.41. The van der Waals surface area contributed by atoms with E-state index in [-0.39, 0.29) is 11.3 Å². The highest BCUT2D eigenvalue weighted by Gasteiger charge is 2.17. The minimum absolute atomic E-state index is 0.111. The van der Waals surface area contributed by atoms with Crippen LogP contribution in [0.5, 0.6) is 5.75 Å². The molecular weight excluding hydrogens is 455 g/mol. The predicted octanol–water partition coefficient (Wildman–Crippen LogP) is 5.56. The predicted molar refractivity (Wildman–Crippen MR) is 97.6 cm³/mol. The van der Waals surface area contributed by atoms with Crippen LogP contribution in [0.1, 0.15) is 10.4 Å². The first-order chi connectivity index (χ1) is 10.4. The number of hydrogen-bond acceptors (Lipinski definition) is 4. The monoisotopic (exact) mass is 460 g/mol. The first-order valence-electron chi connectivity index (χ1n) is 5.79. The molecule has 0 bridgehead atoms. The first-order valence-corrected chi connectivity index (χ1v) is 8.16. The maximum atomic E-state index is 12.3. The molecule has 8 heteroatoms. The number of nitrogens with one attached hydrogen (secondary N) is 1. The molecule has 0 radical (unpaired) electrons. The molecule has 4 nitrogen and oxygen atoms in total. The fraction of sp³-hybridized carbons (Fsp3) is 0.